The predicted octanol–water partition coefficient (Wildman–Crippen LogP) is 2.07. The van der Waals surface area contributed by atoms with Crippen molar-refractivity contribution >= 4 is 0 Å². The number of hydrogen-bond donors (Lipinski definition) is 2. The van der Waals surface area contributed by atoms with Gasteiger partial charge in [0, 0.05) is 0 Å². The SMILES string of the molecule is CC[C@@H](O)[C@@H](N)c1cccc(C)c1C. The third-order valence-electron chi connectivity index (χ3n) is 2.84. The van der Waals surface area contributed by atoms with Crippen molar-refractivity contribution in [2.45, 2.75) is 39.3 Å². The molecule has 78 valence electrons. The average molecular weight is 193 g/mol. The second-order valence-corrected chi connectivity index (χ2v) is 3.79. The number of aliphatic hydroxyl groups is 1. The van der Waals surface area contributed by atoms with Crippen LogP contribution in [-0.2, 0) is 0 Å². The Hall–Kier alpha value is -0.860. The van der Waals surface area contributed by atoms with E-state index in [0.717, 1.165) is 5.56 Å². The number of benzene rings is 1. The van der Waals surface area contributed by atoms with Gasteiger partial charge in [-0.05, 0) is 37.0 Å². The summed E-state index contributed by atoms with van der Waals surface area (Å²) >= 11 is 0. The Balaban J connectivity index is 3.01. The quantitative estimate of drug-likeness (QED) is 0.772. The molecule has 2 nitrogen and oxygen atoms in total. The predicted molar refractivity (Wildman–Crippen MR) is 59.1 cm³/mol. The fourth-order valence-electron chi connectivity index (χ4n) is 1.60. The van der Waals surface area contributed by atoms with Gasteiger partial charge in [-0.15, -0.1) is 0 Å². The number of aliphatic hydroxyl groups excluding tert-OH is 1. The van der Waals surface area contributed by atoms with Gasteiger partial charge in [0.15, 0.2) is 0 Å². The van der Waals surface area contributed by atoms with E-state index in [4.69, 9.17) is 5.73 Å². The first-order valence-corrected chi connectivity index (χ1v) is 5.07. The van der Waals surface area contributed by atoms with Crippen molar-refractivity contribution in [2.75, 3.05) is 0 Å². The zero-order valence-electron chi connectivity index (χ0n) is 9.12. The highest BCUT2D eigenvalue weighted by Crippen LogP contribution is 2.22. The van der Waals surface area contributed by atoms with Gasteiger partial charge in [0.1, 0.15) is 0 Å². The Morgan fingerprint density at radius 3 is 2.57 bits per heavy atom. The molecule has 0 aliphatic carbocycles. The van der Waals surface area contributed by atoms with Crippen LogP contribution >= 0.6 is 0 Å². The summed E-state index contributed by atoms with van der Waals surface area (Å²) in [6.07, 6.45) is 0.240. The van der Waals surface area contributed by atoms with Gasteiger partial charge in [-0.1, -0.05) is 25.1 Å². The van der Waals surface area contributed by atoms with Gasteiger partial charge in [-0.3, -0.25) is 0 Å². The summed E-state index contributed by atoms with van der Waals surface area (Å²) in [6.45, 7) is 6.05. The van der Waals surface area contributed by atoms with E-state index in [1.807, 2.05) is 26.0 Å². The molecule has 0 saturated carbocycles. The lowest BCUT2D eigenvalue weighted by Gasteiger charge is -2.20. The van der Waals surface area contributed by atoms with Gasteiger partial charge in [-0.2, -0.15) is 0 Å². The fraction of sp³-hybridized carbons (Fsp3) is 0.500. The van der Waals surface area contributed by atoms with E-state index in [2.05, 4.69) is 13.0 Å². The molecule has 1 rings (SSSR count). The Labute approximate surface area is 85.8 Å². The number of hydrogen-bond acceptors (Lipinski definition) is 2. The number of nitrogens with two attached hydrogens (primary N) is 1. The molecular weight excluding hydrogens is 174 g/mol. The Kier molecular flexibility index (Phi) is 3.67. The van der Waals surface area contributed by atoms with Gasteiger partial charge >= 0.3 is 0 Å². The molecule has 0 saturated heterocycles. The summed E-state index contributed by atoms with van der Waals surface area (Å²) < 4.78 is 0. The first-order valence-electron chi connectivity index (χ1n) is 5.07. The summed E-state index contributed by atoms with van der Waals surface area (Å²) in [5.74, 6) is 0. The Morgan fingerprint density at radius 2 is 2.00 bits per heavy atom. The van der Waals surface area contributed by atoms with E-state index in [0.29, 0.717) is 6.42 Å². The van der Waals surface area contributed by atoms with Gasteiger partial charge in [-0.25, -0.2) is 0 Å². The van der Waals surface area contributed by atoms with E-state index in [9.17, 15) is 5.11 Å². The van der Waals surface area contributed by atoms with E-state index < -0.39 is 6.10 Å². The molecule has 2 heteroatoms. The van der Waals surface area contributed by atoms with Crippen LogP contribution in [0.1, 0.15) is 36.1 Å². The first-order chi connectivity index (χ1) is 6.57. The van der Waals surface area contributed by atoms with Crippen molar-refractivity contribution < 1.29 is 5.11 Å². The van der Waals surface area contributed by atoms with Crippen LogP contribution in [0.15, 0.2) is 18.2 Å². The van der Waals surface area contributed by atoms with Crippen LogP contribution in [0.4, 0.5) is 0 Å². The topological polar surface area (TPSA) is 46.2 Å². The van der Waals surface area contributed by atoms with Crippen LogP contribution < -0.4 is 5.73 Å². The van der Waals surface area contributed by atoms with Crippen molar-refractivity contribution in [3.63, 3.8) is 0 Å². The molecule has 0 spiro atoms. The van der Waals surface area contributed by atoms with Crippen LogP contribution in [0, 0.1) is 13.8 Å². The fourth-order valence-corrected chi connectivity index (χ4v) is 1.60. The number of aryl methyl sites for hydroxylation is 1. The van der Waals surface area contributed by atoms with Crippen molar-refractivity contribution in [3.05, 3.63) is 34.9 Å². The summed E-state index contributed by atoms with van der Waals surface area (Å²) in [4.78, 5) is 0. The van der Waals surface area contributed by atoms with E-state index >= 15 is 0 Å². The van der Waals surface area contributed by atoms with E-state index in [-0.39, 0.29) is 6.04 Å². The summed E-state index contributed by atoms with van der Waals surface area (Å²) in [6, 6.07) is 5.77. The molecule has 0 heterocycles. The highest BCUT2D eigenvalue weighted by molar-refractivity contribution is 5.35. The maximum atomic E-state index is 9.67. The summed E-state index contributed by atoms with van der Waals surface area (Å²) in [5.41, 5.74) is 9.43. The monoisotopic (exact) mass is 193 g/mol. The van der Waals surface area contributed by atoms with Crippen molar-refractivity contribution in [3.8, 4) is 0 Å². The van der Waals surface area contributed by atoms with Crippen molar-refractivity contribution in [1.82, 2.24) is 0 Å². The molecule has 0 aromatic heterocycles. The van der Waals surface area contributed by atoms with Crippen LogP contribution in [-0.4, -0.2) is 11.2 Å². The molecule has 1 aromatic carbocycles. The lowest BCUT2D eigenvalue weighted by atomic mass is 9.94. The summed E-state index contributed by atoms with van der Waals surface area (Å²) in [7, 11) is 0. The lowest BCUT2D eigenvalue weighted by molar-refractivity contribution is 0.140. The highest BCUT2D eigenvalue weighted by atomic mass is 16.3. The van der Waals surface area contributed by atoms with Crippen LogP contribution in [0.5, 0.6) is 0 Å². The largest absolute Gasteiger partial charge is 0.391 e. The van der Waals surface area contributed by atoms with Crippen LogP contribution in [0.25, 0.3) is 0 Å². The zero-order chi connectivity index (χ0) is 10.7. The second-order valence-electron chi connectivity index (χ2n) is 3.79. The minimum absolute atomic E-state index is 0.264. The average Bonchev–Trinajstić information content (AvgIpc) is 2.20. The van der Waals surface area contributed by atoms with Gasteiger partial charge in [0.2, 0.25) is 0 Å². The van der Waals surface area contributed by atoms with Gasteiger partial charge in [0.05, 0.1) is 12.1 Å². The highest BCUT2D eigenvalue weighted by Gasteiger charge is 2.16. The second kappa shape index (κ2) is 4.58. The van der Waals surface area contributed by atoms with Crippen LogP contribution in [0.2, 0.25) is 0 Å². The molecule has 0 unspecified atom stereocenters. The molecule has 1 aromatic rings. The minimum atomic E-state index is -0.449. The van der Waals surface area contributed by atoms with Gasteiger partial charge in [0.25, 0.3) is 0 Å². The normalized spacial score (nSPS) is 15.2. The van der Waals surface area contributed by atoms with Gasteiger partial charge < -0.3 is 10.8 Å². The molecule has 14 heavy (non-hydrogen) atoms. The first kappa shape index (κ1) is 11.2. The zero-order valence-corrected chi connectivity index (χ0v) is 9.12. The Morgan fingerprint density at radius 1 is 1.36 bits per heavy atom. The standard InChI is InChI=1S/C12H19NO/c1-4-11(14)12(13)10-7-5-6-8(2)9(10)3/h5-7,11-12,14H,4,13H2,1-3H3/t11-,12+/m1/s1. The molecule has 0 radical (unpaired) electrons. The molecule has 0 amide bonds. The molecule has 0 aliphatic rings. The minimum Gasteiger partial charge on any atom is -0.391 e. The molecule has 3 N–H and O–H groups in total. The third-order valence-corrected chi connectivity index (χ3v) is 2.84. The lowest BCUT2D eigenvalue weighted by Crippen LogP contribution is -2.26. The Bertz CT molecular complexity index is 309. The third kappa shape index (κ3) is 2.14. The van der Waals surface area contributed by atoms with Crippen LogP contribution in [0.3, 0.4) is 0 Å². The molecular formula is C12H19NO. The number of rotatable bonds is 3. The summed E-state index contributed by atoms with van der Waals surface area (Å²) in [5, 5.41) is 9.67. The molecule has 0 fully saturated rings. The molecule has 0 aliphatic heterocycles. The molecule has 0 bridgehead atoms. The maximum Gasteiger partial charge on any atom is 0.0730 e. The van der Waals surface area contributed by atoms with Crippen molar-refractivity contribution in [2.24, 2.45) is 5.73 Å². The van der Waals surface area contributed by atoms with Crippen molar-refractivity contribution in [1.29, 1.82) is 0 Å². The maximum absolute atomic E-state index is 9.67. The van der Waals surface area contributed by atoms with E-state index in [1.165, 1.54) is 11.1 Å². The smallest absolute Gasteiger partial charge is 0.0730 e. The molecule has 2 atom stereocenters. The van der Waals surface area contributed by atoms with E-state index in [1.54, 1.807) is 0 Å².